The zero-order valence-electron chi connectivity index (χ0n) is 14.9. The SMILES string of the molecule is C=CC(=Nc1cc(C)ccn1)N/C(CC)=C1\C=NC(CC=CSC)O1. The van der Waals surface area contributed by atoms with E-state index in [0.29, 0.717) is 11.7 Å². The van der Waals surface area contributed by atoms with Crippen LogP contribution in [0.4, 0.5) is 5.82 Å². The zero-order chi connectivity index (χ0) is 18.1. The summed E-state index contributed by atoms with van der Waals surface area (Å²) in [5.74, 6) is 2.02. The second kappa shape index (κ2) is 9.84. The molecule has 1 aliphatic rings. The van der Waals surface area contributed by atoms with Gasteiger partial charge >= 0.3 is 0 Å². The molecule has 0 fully saturated rings. The summed E-state index contributed by atoms with van der Waals surface area (Å²) < 4.78 is 5.91. The van der Waals surface area contributed by atoms with Crippen molar-refractivity contribution in [3.05, 3.63) is 59.5 Å². The van der Waals surface area contributed by atoms with E-state index in [1.54, 1.807) is 30.2 Å². The summed E-state index contributed by atoms with van der Waals surface area (Å²) in [4.78, 5) is 13.2. The number of thioether (sulfide) groups is 1. The fourth-order valence-corrected chi connectivity index (χ4v) is 2.50. The Morgan fingerprint density at radius 1 is 1.52 bits per heavy atom. The molecule has 0 saturated carbocycles. The first-order valence-corrected chi connectivity index (χ1v) is 9.46. The highest BCUT2D eigenvalue weighted by molar-refractivity contribution is 8.01. The summed E-state index contributed by atoms with van der Waals surface area (Å²) in [5.41, 5.74) is 2.03. The van der Waals surface area contributed by atoms with Gasteiger partial charge in [0.1, 0.15) is 5.84 Å². The summed E-state index contributed by atoms with van der Waals surface area (Å²) in [6.07, 6.45) is 10.6. The van der Waals surface area contributed by atoms with Crippen LogP contribution in [-0.2, 0) is 4.74 Å². The number of hydrogen-bond donors (Lipinski definition) is 1. The van der Waals surface area contributed by atoms with Crippen molar-refractivity contribution >= 4 is 29.6 Å². The van der Waals surface area contributed by atoms with Gasteiger partial charge in [0.25, 0.3) is 0 Å². The molecule has 1 N–H and O–H groups in total. The number of aliphatic imine (C=N–C) groups is 2. The first-order chi connectivity index (χ1) is 12.2. The number of aromatic nitrogens is 1. The molecule has 0 aliphatic carbocycles. The zero-order valence-corrected chi connectivity index (χ0v) is 15.7. The number of nitrogens with one attached hydrogen (secondary N) is 1. The van der Waals surface area contributed by atoms with Gasteiger partial charge in [0.05, 0.1) is 11.9 Å². The van der Waals surface area contributed by atoms with Crippen LogP contribution in [-0.4, -0.2) is 29.5 Å². The van der Waals surface area contributed by atoms with Gasteiger partial charge in [0.15, 0.2) is 17.8 Å². The van der Waals surface area contributed by atoms with Gasteiger partial charge in [-0.15, -0.1) is 11.8 Å². The maximum absolute atomic E-state index is 5.91. The highest BCUT2D eigenvalue weighted by Crippen LogP contribution is 2.19. The lowest BCUT2D eigenvalue weighted by Gasteiger charge is -2.13. The van der Waals surface area contributed by atoms with Crippen LogP contribution < -0.4 is 5.32 Å². The normalized spacial score (nSPS) is 19.2. The lowest BCUT2D eigenvalue weighted by molar-refractivity contribution is 0.156. The molecule has 132 valence electrons. The monoisotopic (exact) mass is 356 g/mol. The maximum atomic E-state index is 5.91. The summed E-state index contributed by atoms with van der Waals surface area (Å²) in [6.45, 7) is 7.89. The molecular weight excluding hydrogens is 332 g/mol. The highest BCUT2D eigenvalue weighted by atomic mass is 32.2. The average molecular weight is 356 g/mol. The molecule has 1 unspecified atom stereocenters. The number of rotatable bonds is 7. The Hall–Kier alpha value is -2.34. The molecule has 25 heavy (non-hydrogen) atoms. The molecule has 0 spiro atoms. The Kier molecular flexibility index (Phi) is 7.47. The molecule has 1 aromatic heterocycles. The molecule has 6 heteroatoms. The lowest BCUT2D eigenvalue weighted by atomic mass is 10.3. The van der Waals surface area contributed by atoms with Gasteiger partial charge in [-0.05, 0) is 48.8 Å². The number of hydrogen-bond acceptors (Lipinski definition) is 5. The highest BCUT2D eigenvalue weighted by Gasteiger charge is 2.17. The Balaban J connectivity index is 2.11. The van der Waals surface area contributed by atoms with E-state index in [1.807, 2.05) is 30.7 Å². The standard InChI is InChI=1S/C19H24N4OS/c1-5-15(16-13-21-19(24-16)8-7-11-25-4)22-17(6-2)23-18-12-14(3)9-10-20-18/h6-7,9-13,19H,2,5,8H2,1,3-4H3,(H,20,22,23)/b11-7?,16-15+. The molecular formula is C19H24N4OS. The predicted octanol–water partition coefficient (Wildman–Crippen LogP) is 4.51. The van der Waals surface area contributed by atoms with Gasteiger partial charge in [-0.1, -0.05) is 19.6 Å². The smallest absolute Gasteiger partial charge is 0.193 e. The second-order valence-electron chi connectivity index (χ2n) is 5.41. The Labute approximate surface area is 153 Å². The van der Waals surface area contributed by atoms with Crippen molar-refractivity contribution in [3.63, 3.8) is 0 Å². The van der Waals surface area contributed by atoms with E-state index >= 15 is 0 Å². The van der Waals surface area contributed by atoms with Crippen molar-refractivity contribution in [3.8, 4) is 0 Å². The molecule has 2 heterocycles. The van der Waals surface area contributed by atoms with E-state index in [1.165, 1.54) is 0 Å². The third-order valence-corrected chi connectivity index (χ3v) is 3.91. The minimum absolute atomic E-state index is 0.163. The average Bonchev–Trinajstić information content (AvgIpc) is 3.07. The summed E-state index contributed by atoms with van der Waals surface area (Å²) in [5, 5.41) is 5.32. The first-order valence-electron chi connectivity index (χ1n) is 8.17. The van der Waals surface area contributed by atoms with Crippen molar-refractivity contribution in [2.45, 2.75) is 32.9 Å². The van der Waals surface area contributed by atoms with Crippen molar-refractivity contribution in [1.29, 1.82) is 0 Å². The van der Waals surface area contributed by atoms with Gasteiger partial charge in [0.2, 0.25) is 0 Å². The van der Waals surface area contributed by atoms with Crippen molar-refractivity contribution < 1.29 is 4.74 Å². The van der Waals surface area contributed by atoms with Crippen molar-refractivity contribution in [2.75, 3.05) is 6.26 Å². The fraction of sp³-hybridized carbons (Fsp3) is 0.316. The molecule has 1 aliphatic heterocycles. The molecule has 2 rings (SSSR count). The van der Waals surface area contributed by atoms with Gasteiger partial charge in [-0.3, -0.25) is 0 Å². The van der Waals surface area contributed by atoms with Crippen LogP contribution in [0, 0.1) is 6.92 Å². The fourth-order valence-electron chi connectivity index (χ4n) is 2.19. The molecule has 1 atom stereocenters. The third kappa shape index (κ3) is 5.90. The quantitative estimate of drug-likeness (QED) is 0.577. The van der Waals surface area contributed by atoms with E-state index in [-0.39, 0.29) is 6.23 Å². The minimum atomic E-state index is -0.163. The number of pyridine rings is 1. The van der Waals surface area contributed by atoms with Crippen LogP contribution in [0.15, 0.2) is 63.9 Å². The summed E-state index contributed by atoms with van der Waals surface area (Å²) >= 11 is 1.66. The third-order valence-electron chi connectivity index (χ3n) is 3.45. The van der Waals surface area contributed by atoms with Crippen LogP contribution in [0.5, 0.6) is 0 Å². The number of allylic oxidation sites excluding steroid dienone is 2. The number of amidine groups is 1. The van der Waals surface area contributed by atoms with Crippen LogP contribution in [0.25, 0.3) is 0 Å². The predicted molar refractivity (Wildman–Crippen MR) is 107 cm³/mol. The van der Waals surface area contributed by atoms with Crippen LogP contribution >= 0.6 is 11.8 Å². The van der Waals surface area contributed by atoms with Gasteiger partial charge in [-0.25, -0.2) is 15.0 Å². The molecule has 0 saturated heterocycles. The minimum Gasteiger partial charge on any atom is -0.465 e. The van der Waals surface area contributed by atoms with E-state index < -0.39 is 0 Å². The van der Waals surface area contributed by atoms with Gasteiger partial charge in [-0.2, -0.15) is 0 Å². The van der Waals surface area contributed by atoms with Crippen LogP contribution in [0.3, 0.4) is 0 Å². The molecule has 0 amide bonds. The van der Waals surface area contributed by atoms with Crippen LogP contribution in [0.1, 0.15) is 25.3 Å². The largest absolute Gasteiger partial charge is 0.465 e. The summed E-state index contributed by atoms with van der Waals surface area (Å²) in [7, 11) is 0. The molecule has 0 aromatic carbocycles. The Bertz CT molecular complexity index is 722. The van der Waals surface area contributed by atoms with Crippen molar-refractivity contribution in [2.24, 2.45) is 9.98 Å². The van der Waals surface area contributed by atoms with Gasteiger partial charge in [0, 0.05) is 12.6 Å². The van der Waals surface area contributed by atoms with E-state index in [4.69, 9.17) is 4.74 Å². The number of nitrogens with zero attached hydrogens (tertiary/aromatic N) is 3. The molecule has 0 radical (unpaired) electrons. The van der Waals surface area contributed by atoms with E-state index in [9.17, 15) is 0 Å². The molecule has 1 aromatic rings. The Morgan fingerprint density at radius 2 is 2.36 bits per heavy atom. The number of aryl methyl sites for hydroxylation is 1. The van der Waals surface area contributed by atoms with Crippen LogP contribution in [0.2, 0.25) is 0 Å². The summed E-state index contributed by atoms with van der Waals surface area (Å²) in [6, 6.07) is 3.86. The maximum Gasteiger partial charge on any atom is 0.193 e. The first kappa shape index (κ1) is 19.0. The molecule has 0 bridgehead atoms. The van der Waals surface area contributed by atoms with E-state index in [2.05, 4.69) is 39.9 Å². The number of ether oxygens (including phenoxy) is 1. The second-order valence-corrected chi connectivity index (χ2v) is 6.15. The van der Waals surface area contributed by atoms with Gasteiger partial charge < -0.3 is 10.1 Å². The Morgan fingerprint density at radius 3 is 3.04 bits per heavy atom. The lowest BCUT2D eigenvalue weighted by Crippen LogP contribution is -2.22. The van der Waals surface area contributed by atoms with Crippen molar-refractivity contribution in [1.82, 2.24) is 10.3 Å². The van der Waals surface area contributed by atoms with E-state index in [0.717, 1.165) is 29.9 Å². The topological polar surface area (TPSA) is 58.9 Å². The molecule has 5 nitrogen and oxygen atoms in total.